The lowest BCUT2D eigenvalue weighted by Crippen LogP contribution is -2.65. The number of benzene rings is 2. The van der Waals surface area contributed by atoms with Crippen LogP contribution < -0.4 is 15.0 Å². The molecule has 2 aromatic carbocycles. The summed E-state index contributed by atoms with van der Waals surface area (Å²) in [5.41, 5.74) is 1.79. The Balaban J connectivity index is 1.33. The molecule has 0 radical (unpaired) electrons. The first-order valence-electron chi connectivity index (χ1n) is 11.3. The van der Waals surface area contributed by atoms with E-state index < -0.39 is 17.4 Å². The number of halogens is 2. The van der Waals surface area contributed by atoms with Crippen LogP contribution in [0.1, 0.15) is 25.2 Å². The lowest BCUT2D eigenvalue weighted by atomic mass is 9.99. The Morgan fingerprint density at radius 2 is 1.97 bits per heavy atom. The molecular formula is C25H26Cl2N2O6. The van der Waals surface area contributed by atoms with Crippen LogP contribution in [-0.4, -0.2) is 48.8 Å². The van der Waals surface area contributed by atoms with Gasteiger partial charge in [-0.25, -0.2) is 4.79 Å². The summed E-state index contributed by atoms with van der Waals surface area (Å²) in [6, 6.07) is 11.1. The summed E-state index contributed by atoms with van der Waals surface area (Å²) in [6.45, 7) is 5.43. The maximum absolute atomic E-state index is 11.5. The lowest BCUT2D eigenvalue weighted by Gasteiger charge is -2.45. The number of fused-ring (bicyclic) bond motifs is 2. The molecule has 0 saturated carbocycles. The zero-order valence-corrected chi connectivity index (χ0v) is 20.9. The van der Waals surface area contributed by atoms with Gasteiger partial charge in [-0.2, -0.15) is 0 Å². The first kappa shape index (κ1) is 24.1. The van der Waals surface area contributed by atoms with Crippen molar-refractivity contribution in [1.29, 1.82) is 0 Å². The third kappa shape index (κ3) is 5.02. The second-order valence-corrected chi connectivity index (χ2v) is 10.3. The standard InChI is InChI=1S/C25H26Cl2N2O6/c1-24(2)33-13-25(14-34-24,28-23(30)31)12-29-7-6-17-20(29)4-3-5-21(17)32-11-16-10-18-19(27)8-15(26)9-22(18)35-16/h3-5,8-10,28H,6-7,11-14H2,1-2H3,(H,30,31). The highest BCUT2D eigenvalue weighted by Gasteiger charge is 2.43. The van der Waals surface area contributed by atoms with E-state index in [-0.39, 0.29) is 19.8 Å². The Morgan fingerprint density at radius 1 is 1.20 bits per heavy atom. The SMILES string of the molecule is CC1(C)OCC(CN2CCc3c(OCc4cc5c(Cl)cc(Cl)cc5o4)cccc32)(NC(=O)O)CO1. The Kier molecular flexibility index (Phi) is 6.25. The van der Waals surface area contributed by atoms with E-state index in [1.807, 2.05) is 38.1 Å². The smallest absolute Gasteiger partial charge is 0.405 e. The van der Waals surface area contributed by atoms with Gasteiger partial charge >= 0.3 is 6.09 Å². The number of furan rings is 1. The summed E-state index contributed by atoms with van der Waals surface area (Å²) in [4.78, 5) is 13.7. The number of nitrogens with one attached hydrogen (secondary N) is 1. The van der Waals surface area contributed by atoms with Gasteiger partial charge in [0.2, 0.25) is 0 Å². The van der Waals surface area contributed by atoms with E-state index in [2.05, 4.69) is 10.2 Å². The van der Waals surface area contributed by atoms with Gasteiger partial charge in [-0.3, -0.25) is 0 Å². The zero-order valence-electron chi connectivity index (χ0n) is 19.4. The molecule has 35 heavy (non-hydrogen) atoms. The minimum absolute atomic E-state index is 0.215. The summed E-state index contributed by atoms with van der Waals surface area (Å²) in [6.07, 6.45) is -0.343. The lowest BCUT2D eigenvalue weighted by molar-refractivity contribution is -0.268. The number of carboxylic acid groups (broad SMARTS) is 1. The van der Waals surface area contributed by atoms with Gasteiger partial charge < -0.3 is 34.0 Å². The second-order valence-electron chi connectivity index (χ2n) is 9.41. The number of ether oxygens (including phenoxy) is 3. The highest BCUT2D eigenvalue weighted by Crippen LogP contribution is 2.38. The van der Waals surface area contributed by atoms with E-state index in [4.69, 9.17) is 41.8 Å². The van der Waals surface area contributed by atoms with Crippen molar-refractivity contribution in [1.82, 2.24) is 5.32 Å². The fourth-order valence-electron chi connectivity index (χ4n) is 4.61. The quantitative estimate of drug-likeness (QED) is 0.444. The van der Waals surface area contributed by atoms with Crippen LogP contribution in [0.25, 0.3) is 11.0 Å². The van der Waals surface area contributed by atoms with E-state index in [1.165, 1.54) is 0 Å². The molecule has 8 nitrogen and oxygen atoms in total. The normalized spacial score (nSPS) is 18.5. The molecule has 0 spiro atoms. The Hall–Kier alpha value is -2.65. The molecule has 2 N–H and O–H groups in total. The molecule has 5 rings (SSSR count). The van der Waals surface area contributed by atoms with Crippen molar-refractivity contribution in [3.05, 3.63) is 57.8 Å². The second kappa shape index (κ2) is 9.09. The summed E-state index contributed by atoms with van der Waals surface area (Å²) < 4.78 is 23.6. The van der Waals surface area contributed by atoms with Crippen LogP contribution in [0.15, 0.2) is 40.8 Å². The third-order valence-corrected chi connectivity index (χ3v) is 6.84. The Morgan fingerprint density at radius 3 is 2.71 bits per heavy atom. The largest absolute Gasteiger partial charge is 0.485 e. The minimum atomic E-state index is -1.11. The van der Waals surface area contributed by atoms with Crippen molar-refractivity contribution in [2.24, 2.45) is 0 Å². The van der Waals surface area contributed by atoms with Crippen LogP contribution >= 0.6 is 23.2 Å². The summed E-state index contributed by atoms with van der Waals surface area (Å²) in [5, 5.41) is 13.9. The molecular weight excluding hydrogens is 495 g/mol. The molecule has 10 heteroatoms. The van der Waals surface area contributed by atoms with Crippen molar-refractivity contribution in [3.8, 4) is 5.75 Å². The molecule has 0 bridgehead atoms. The first-order chi connectivity index (χ1) is 16.6. The van der Waals surface area contributed by atoms with Crippen molar-refractivity contribution in [3.63, 3.8) is 0 Å². The molecule has 3 aromatic rings. The highest BCUT2D eigenvalue weighted by molar-refractivity contribution is 6.38. The predicted molar refractivity (Wildman–Crippen MR) is 133 cm³/mol. The summed E-state index contributed by atoms with van der Waals surface area (Å²) >= 11 is 12.3. The van der Waals surface area contributed by atoms with Crippen molar-refractivity contribution in [2.75, 3.05) is 31.2 Å². The number of amides is 1. The van der Waals surface area contributed by atoms with Gasteiger partial charge in [0.15, 0.2) is 5.79 Å². The Labute approximate surface area is 212 Å². The zero-order chi connectivity index (χ0) is 24.8. The summed E-state index contributed by atoms with van der Waals surface area (Å²) in [5.74, 6) is 0.646. The maximum Gasteiger partial charge on any atom is 0.405 e. The van der Waals surface area contributed by atoms with E-state index >= 15 is 0 Å². The van der Waals surface area contributed by atoms with Gasteiger partial charge in [0.1, 0.15) is 29.2 Å². The number of nitrogens with zero attached hydrogens (tertiary/aromatic N) is 1. The average molecular weight is 521 g/mol. The fraction of sp³-hybridized carbons (Fsp3) is 0.400. The molecule has 2 aliphatic rings. The topological polar surface area (TPSA) is 93.4 Å². The monoisotopic (exact) mass is 520 g/mol. The van der Waals surface area contributed by atoms with Crippen LogP contribution in [0.5, 0.6) is 5.75 Å². The highest BCUT2D eigenvalue weighted by atomic mass is 35.5. The van der Waals surface area contributed by atoms with Gasteiger partial charge in [0.25, 0.3) is 0 Å². The van der Waals surface area contributed by atoms with Crippen molar-refractivity contribution < 1.29 is 28.5 Å². The fourth-order valence-corrected chi connectivity index (χ4v) is 5.14. The molecule has 0 unspecified atom stereocenters. The van der Waals surface area contributed by atoms with Crippen LogP contribution in [0, 0.1) is 0 Å². The molecule has 0 atom stereocenters. The molecule has 1 amide bonds. The summed E-state index contributed by atoms with van der Waals surface area (Å²) in [7, 11) is 0. The maximum atomic E-state index is 11.5. The van der Waals surface area contributed by atoms with E-state index in [9.17, 15) is 9.90 Å². The van der Waals surface area contributed by atoms with Gasteiger partial charge in [0.05, 0.1) is 18.2 Å². The van der Waals surface area contributed by atoms with Crippen LogP contribution in [0.3, 0.4) is 0 Å². The molecule has 1 saturated heterocycles. The average Bonchev–Trinajstić information content (AvgIpc) is 3.39. The van der Waals surface area contributed by atoms with Crippen LogP contribution in [0.4, 0.5) is 10.5 Å². The Bertz CT molecular complexity index is 1260. The molecule has 3 heterocycles. The van der Waals surface area contributed by atoms with Crippen LogP contribution in [-0.2, 0) is 22.5 Å². The first-order valence-corrected chi connectivity index (χ1v) is 12.0. The van der Waals surface area contributed by atoms with Gasteiger partial charge in [-0.15, -0.1) is 0 Å². The molecule has 1 aromatic heterocycles. The molecule has 0 aliphatic carbocycles. The van der Waals surface area contributed by atoms with Crippen LogP contribution in [0.2, 0.25) is 10.0 Å². The van der Waals surface area contributed by atoms with Gasteiger partial charge in [-0.05, 0) is 44.5 Å². The van der Waals surface area contributed by atoms with Gasteiger partial charge in [0, 0.05) is 40.8 Å². The van der Waals surface area contributed by atoms with E-state index in [1.54, 1.807) is 12.1 Å². The van der Waals surface area contributed by atoms with Crippen molar-refractivity contribution >= 4 is 46.0 Å². The number of hydrogen-bond donors (Lipinski definition) is 2. The number of rotatable bonds is 6. The number of anilines is 1. The molecule has 186 valence electrons. The molecule has 1 fully saturated rings. The predicted octanol–water partition coefficient (Wildman–Crippen LogP) is 5.47. The number of carbonyl (C=O) groups is 1. The van der Waals surface area contributed by atoms with E-state index in [0.717, 1.165) is 35.4 Å². The van der Waals surface area contributed by atoms with Crippen molar-refractivity contribution in [2.45, 2.75) is 38.2 Å². The third-order valence-electron chi connectivity index (χ3n) is 6.31. The minimum Gasteiger partial charge on any atom is -0.485 e. The number of hydrogen-bond acceptors (Lipinski definition) is 6. The van der Waals surface area contributed by atoms with E-state index in [0.29, 0.717) is 27.9 Å². The van der Waals surface area contributed by atoms with Gasteiger partial charge in [-0.1, -0.05) is 29.3 Å². The molecule has 2 aliphatic heterocycles.